The van der Waals surface area contributed by atoms with Gasteiger partial charge in [0.05, 0.1) is 6.20 Å². The first-order valence-corrected chi connectivity index (χ1v) is 8.66. The van der Waals surface area contributed by atoms with Gasteiger partial charge in [0.2, 0.25) is 5.27 Å². The second kappa shape index (κ2) is 7.74. The first-order valence-electron chi connectivity index (χ1n) is 7.84. The summed E-state index contributed by atoms with van der Waals surface area (Å²) >= 11 is 0.331. The zero-order valence-corrected chi connectivity index (χ0v) is 14.8. The van der Waals surface area contributed by atoms with Crippen molar-refractivity contribution in [1.82, 2.24) is 10.3 Å². The fourth-order valence-electron chi connectivity index (χ4n) is 2.27. The summed E-state index contributed by atoms with van der Waals surface area (Å²) in [6.07, 6.45) is -1.63. The highest BCUT2D eigenvalue weighted by atomic mass is 32.1. The number of halogens is 3. The van der Waals surface area contributed by atoms with E-state index in [0.717, 1.165) is 5.56 Å². The maximum absolute atomic E-state index is 12.5. The molecule has 2 N–H and O–H groups in total. The van der Waals surface area contributed by atoms with Crippen molar-refractivity contribution in [1.29, 1.82) is 0 Å². The van der Waals surface area contributed by atoms with Crippen LogP contribution in [0, 0.1) is 0 Å². The number of amides is 2. The van der Waals surface area contributed by atoms with Crippen molar-refractivity contribution >= 4 is 28.4 Å². The summed E-state index contributed by atoms with van der Waals surface area (Å²) in [7, 11) is 0. The molecule has 142 valence electrons. The molecule has 2 aromatic heterocycles. The number of urea groups is 1. The van der Waals surface area contributed by atoms with Gasteiger partial charge in [-0.15, -0.1) is 0 Å². The number of hydrogen-bond acceptors (Lipinski definition) is 5. The summed E-state index contributed by atoms with van der Waals surface area (Å²) in [6.45, 7) is 1.94. The molecule has 0 fully saturated rings. The number of carbonyl (C=O) groups excluding carboxylic acids is 1. The lowest BCUT2D eigenvalue weighted by Gasteiger charge is -2.02. The highest BCUT2D eigenvalue weighted by molar-refractivity contribution is 7.15. The van der Waals surface area contributed by atoms with Crippen molar-refractivity contribution in [3.05, 3.63) is 53.2 Å². The molecule has 27 heavy (non-hydrogen) atoms. The van der Waals surface area contributed by atoms with Crippen LogP contribution in [0.15, 0.2) is 47.2 Å². The monoisotopic (exact) mass is 398 g/mol. The Balaban J connectivity index is 1.57. The Hall–Kier alpha value is -2.95. The molecule has 0 saturated carbocycles. The van der Waals surface area contributed by atoms with E-state index in [4.69, 9.17) is 4.52 Å². The number of rotatable bonds is 5. The predicted molar refractivity (Wildman–Crippen MR) is 91.3 cm³/mol. The number of aromatic nitrogens is 3. The molecule has 0 spiro atoms. The van der Waals surface area contributed by atoms with E-state index in [1.807, 2.05) is 37.3 Å². The summed E-state index contributed by atoms with van der Waals surface area (Å²) in [5, 5.41) is 8.25. The standard InChI is InChI=1S/C16H14F3N5O2S/c1-10(7-11-5-3-2-4-6-11)24-9-13(26-23-24)21-14(25)22-15-20-8-12(27-15)16(17,18)19/h2-6,8-10H,7H2,1H3,(H-,20,21,22,23,25)/p+1. The quantitative estimate of drug-likeness (QED) is 0.639. The molecule has 0 aliphatic carbocycles. The molecule has 0 aliphatic heterocycles. The van der Waals surface area contributed by atoms with Gasteiger partial charge in [-0.2, -0.15) is 13.2 Å². The van der Waals surface area contributed by atoms with Gasteiger partial charge in [-0.3, -0.25) is 15.2 Å². The van der Waals surface area contributed by atoms with E-state index in [1.54, 1.807) is 4.68 Å². The highest BCUT2D eigenvalue weighted by Crippen LogP contribution is 2.34. The van der Waals surface area contributed by atoms with Gasteiger partial charge in [0, 0.05) is 13.3 Å². The van der Waals surface area contributed by atoms with Crippen LogP contribution in [0.25, 0.3) is 0 Å². The molecule has 1 unspecified atom stereocenters. The number of anilines is 2. The first-order chi connectivity index (χ1) is 12.8. The summed E-state index contributed by atoms with van der Waals surface area (Å²) < 4.78 is 44.2. The van der Waals surface area contributed by atoms with E-state index in [-0.39, 0.29) is 17.1 Å². The Morgan fingerprint density at radius 1 is 1.30 bits per heavy atom. The molecule has 0 aliphatic rings. The smallest absolute Gasteiger partial charge is 0.283 e. The van der Waals surface area contributed by atoms with E-state index in [2.05, 4.69) is 20.9 Å². The van der Waals surface area contributed by atoms with E-state index >= 15 is 0 Å². The summed E-state index contributed by atoms with van der Waals surface area (Å²) in [4.78, 5) is 14.5. The topological polar surface area (TPSA) is 83.9 Å². The summed E-state index contributed by atoms with van der Waals surface area (Å²) in [5.74, 6) is 0.0556. The van der Waals surface area contributed by atoms with E-state index in [1.165, 1.54) is 6.20 Å². The molecule has 3 aromatic rings. The van der Waals surface area contributed by atoms with Gasteiger partial charge in [-0.1, -0.05) is 41.7 Å². The van der Waals surface area contributed by atoms with E-state index in [9.17, 15) is 18.0 Å². The van der Waals surface area contributed by atoms with Gasteiger partial charge in [-0.05, 0) is 10.2 Å². The molecule has 0 saturated heterocycles. The van der Waals surface area contributed by atoms with Crippen molar-refractivity contribution in [2.75, 3.05) is 10.6 Å². The van der Waals surface area contributed by atoms with Crippen molar-refractivity contribution in [2.45, 2.75) is 25.6 Å². The molecule has 2 amide bonds. The second-order valence-corrected chi connectivity index (χ2v) is 6.72. The largest absolute Gasteiger partial charge is 0.427 e. The fourth-order valence-corrected chi connectivity index (χ4v) is 2.95. The van der Waals surface area contributed by atoms with Crippen LogP contribution < -0.4 is 15.3 Å². The van der Waals surface area contributed by atoms with Crippen molar-refractivity contribution in [2.24, 2.45) is 0 Å². The Labute approximate surface area is 155 Å². The van der Waals surface area contributed by atoms with Gasteiger partial charge in [0.25, 0.3) is 6.20 Å². The number of hydrogen-bond donors (Lipinski definition) is 2. The number of alkyl halides is 3. The minimum atomic E-state index is -4.50. The average molecular weight is 398 g/mol. The average Bonchev–Trinajstić information content (AvgIpc) is 3.25. The Bertz CT molecular complexity index is 910. The third-order valence-electron chi connectivity index (χ3n) is 3.55. The van der Waals surface area contributed by atoms with Gasteiger partial charge in [0.15, 0.2) is 11.2 Å². The van der Waals surface area contributed by atoms with Crippen LogP contribution in [-0.4, -0.2) is 16.3 Å². The van der Waals surface area contributed by atoms with Gasteiger partial charge in [0.1, 0.15) is 4.88 Å². The lowest BCUT2D eigenvalue weighted by molar-refractivity contribution is -0.782. The molecular formula is C16H15F3N5O2S+. The molecule has 7 nitrogen and oxygen atoms in total. The molecule has 1 aromatic carbocycles. The first kappa shape index (κ1) is 18.8. The predicted octanol–water partition coefficient (Wildman–Crippen LogP) is 3.89. The van der Waals surface area contributed by atoms with E-state index in [0.29, 0.717) is 24.0 Å². The molecule has 0 bridgehead atoms. The molecular weight excluding hydrogens is 383 g/mol. The minimum Gasteiger partial charge on any atom is -0.283 e. The Morgan fingerprint density at radius 3 is 2.70 bits per heavy atom. The maximum atomic E-state index is 12.5. The van der Waals surface area contributed by atoms with Crippen LogP contribution in [0.5, 0.6) is 0 Å². The van der Waals surface area contributed by atoms with Crippen LogP contribution in [0.3, 0.4) is 0 Å². The zero-order chi connectivity index (χ0) is 19.4. The van der Waals surface area contributed by atoms with Crippen LogP contribution in [-0.2, 0) is 12.6 Å². The van der Waals surface area contributed by atoms with Gasteiger partial charge >= 0.3 is 18.1 Å². The maximum Gasteiger partial charge on any atom is 0.427 e. The van der Waals surface area contributed by atoms with Crippen LogP contribution >= 0.6 is 11.3 Å². The second-order valence-electron chi connectivity index (χ2n) is 5.69. The number of thiazole rings is 1. The van der Waals surface area contributed by atoms with Crippen molar-refractivity contribution in [3.8, 4) is 0 Å². The normalized spacial score (nSPS) is 12.6. The number of carbonyl (C=O) groups is 1. The lowest BCUT2D eigenvalue weighted by atomic mass is 10.1. The molecule has 2 heterocycles. The molecule has 11 heteroatoms. The molecule has 0 radical (unpaired) electrons. The number of nitrogens with one attached hydrogen (secondary N) is 2. The lowest BCUT2D eigenvalue weighted by Crippen LogP contribution is -2.40. The van der Waals surface area contributed by atoms with Crippen LogP contribution in [0.1, 0.15) is 23.4 Å². The van der Waals surface area contributed by atoms with Crippen LogP contribution in [0.2, 0.25) is 0 Å². The third kappa shape index (κ3) is 5.03. The highest BCUT2D eigenvalue weighted by Gasteiger charge is 2.33. The van der Waals surface area contributed by atoms with E-state index < -0.39 is 17.1 Å². The summed E-state index contributed by atoms with van der Waals surface area (Å²) in [6, 6.07) is 8.99. The third-order valence-corrected chi connectivity index (χ3v) is 4.51. The number of benzene rings is 1. The van der Waals surface area contributed by atoms with Gasteiger partial charge in [-0.25, -0.2) is 9.78 Å². The Kier molecular flexibility index (Phi) is 5.40. The molecule has 3 rings (SSSR count). The van der Waals surface area contributed by atoms with Crippen LogP contribution in [0.4, 0.5) is 29.0 Å². The fraction of sp³-hybridized carbons (Fsp3) is 0.250. The SMILES string of the molecule is CC(Cc1ccccc1)[n+]1cc(NC(=O)Nc2ncc(C(F)(F)F)s2)on1. The van der Waals surface area contributed by atoms with Crippen molar-refractivity contribution < 1.29 is 27.2 Å². The van der Waals surface area contributed by atoms with Gasteiger partial charge < -0.3 is 0 Å². The Morgan fingerprint density at radius 2 is 2.04 bits per heavy atom. The van der Waals surface area contributed by atoms with Crippen molar-refractivity contribution in [3.63, 3.8) is 0 Å². The molecule has 1 atom stereocenters. The summed E-state index contributed by atoms with van der Waals surface area (Å²) in [5.41, 5.74) is 1.12. The zero-order valence-electron chi connectivity index (χ0n) is 14.0. The number of nitrogens with zero attached hydrogens (tertiary/aromatic N) is 3. The minimum absolute atomic E-state index is 0.0249.